The Bertz CT molecular complexity index is 615. The van der Waals surface area contributed by atoms with Crippen molar-refractivity contribution in [1.29, 1.82) is 0 Å². The molecule has 2 rings (SSSR count). The smallest absolute Gasteiger partial charge is 0.254 e. The Labute approximate surface area is 114 Å². The molecular formula is C14H12F2N2O2. The summed E-state index contributed by atoms with van der Waals surface area (Å²) in [7, 11) is 1.50. The van der Waals surface area contributed by atoms with Crippen LogP contribution in [0.3, 0.4) is 0 Å². The Morgan fingerprint density at radius 2 is 2.10 bits per heavy atom. The minimum atomic E-state index is -0.767. The van der Waals surface area contributed by atoms with Gasteiger partial charge in [-0.25, -0.2) is 13.8 Å². The van der Waals surface area contributed by atoms with Crippen LogP contribution in [0, 0.1) is 11.6 Å². The standard InChI is InChI=1S/C14H12F2N2O2/c1-20-13-5-2-9(7-17-13)8-18-14(19)11-6-10(15)3-4-12(11)16/h2-7H,8H2,1H3,(H,18,19). The van der Waals surface area contributed by atoms with Crippen molar-refractivity contribution in [1.82, 2.24) is 10.3 Å². The lowest BCUT2D eigenvalue weighted by molar-refractivity contribution is 0.0946. The van der Waals surface area contributed by atoms with E-state index >= 15 is 0 Å². The van der Waals surface area contributed by atoms with Gasteiger partial charge in [-0.05, 0) is 23.8 Å². The molecule has 2 aromatic rings. The molecule has 0 unspecified atom stereocenters. The SMILES string of the molecule is COc1ccc(CNC(=O)c2cc(F)ccc2F)cn1. The average Bonchev–Trinajstić information content (AvgIpc) is 2.47. The monoisotopic (exact) mass is 278 g/mol. The zero-order chi connectivity index (χ0) is 14.5. The molecule has 0 aliphatic heterocycles. The molecule has 20 heavy (non-hydrogen) atoms. The van der Waals surface area contributed by atoms with E-state index < -0.39 is 17.5 Å². The first-order valence-corrected chi connectivity index (χ1v) is 5.82. The minimum absolute atomic E-state index is 0.159. The summed E-state index contributed by atoms with van der Waals surface area (Å²) in [5.74, 6) is -1.66. The molecule has 0 saturated carbocycles. The van der Waals surface area contributed by atoms with Crippen molar-refractivity contribution in [2.45, 2.75) is 6.54 Å². The first-order chi connectivity index (χ1) is 9.60. The Kier molecular flexibility index (Phi) is 4.24. The molecule has 0 saturated heterocycles. The third-order valence-electron chi connectivity index (χ3n) is 2.63. The summed E-state index contributed by atoms with van der Waals surface area (Å²) in [4.78, 5) is 15.7. The Morgan fingerprint density at radius 3 is 2.75 bits per heavy atom. The van der Waals surface area contributed by atoms with Gasteiger partial charge in [-0.15, -0.1) is 0 Å². The van der Waals surface area contributed by atoms with Crippen LogP contribution in [0.15, 0.2) is 36.5 Å². The molecule has 0 aliphatic carbocycles. The van der Waals surface area contributed by atoms with E-state index in [1.165, 1.54) is 13.3 Å². The maximum atomic E-state index is 13.4. The van der Waals surface area contributed by atoms with E-state index in [-0.39, 0.29) is 12.1 Å². The van der Waals surface area contributed by atoms with Gasteiger partial charge in [0.15, 0.2) is 0 Å². The van der Waals surface area contributed by atoms with Crippen molar-refractivity contribution in [2.24, 2.45) is 0 Å². The number of carbonyl (C=O) groups excluding carboxylic acids is 1. The molecule has 4 nitrogen and oxygen atoms in total. The Hall–Kier alpha value is -2.50. The highest BCUT2D eigenvalue weighted by molar-refractivity contribution is 5.94. The Morgan fingerprint density at radius 1 is 1.30 bits per heavy atom. The fourth-order valence-electron chi connectivity index (χ4n) is 1.59. The highest BCUT2D eigenvalue weighted by Gasteiger charge is 2.12. The zero-order valence-electron chi connectivity index (χ0n) is 10.7. The molecule has 0 bridgehead atoms. The molecule has 1 heterocycles. The summed E-state index contributed by atoms with van der Waals surface area (Å²) >= 11 is 0. The van der Waals surface area contributed by atoms with Crippen LogP contribution in [-0.2, 0) is 6.54 Å². The van der Waals surface area contributed by atoms with Crippen LogP contribution in [0.4, 0.5) is 8.78 Å². The highest BCUT2D eigenvalue weighted by atomic mass is 19.1. The third-order valence-corrected chi connectivity index (χ3v) is 2.63. The molecule has 6 heteroatoms. The minimum Gasteiger partial charge on any atom is -0.481 e. The quantitative estimate of drug-likeness (QED) is 0.933. The van der Waals surface area contributed by atoms with Gasteiger partial charge in [0.25, 0.3) is 5.91 Å². The van der Waals surface area contributed by atoms with Gasteiger partial charge in [0.2, 0.25) is 5.88 Å². The van der Waals surface area contributed by atoms with E-state index in [0.29, 0.717) is 5.88 Å². The van der Waals surface area contributed by atoms with Gasteiger partial charge in [0.1, 0.15) is 11.6 Å². The van der Waals surface area contributed by atoms with Crippen molar-refractivity contribution in [3.8, 4) is 5.88 Å². The number of aromatic nitrogens is 1. The number of ether oxygens (including phenoxy) is 1. The lowest BCUT2D eigenvalue weighted by Gasteiger charge is -2.06. The van der Waals surface area contributed by atoms with E-state index in [2.05, 4.69) is 10.3 Å². The van der Waals surface area contributed by atoms with Gasteiger partial charge < -0.3 is 10.1 Å². The largest absolute Gasteiger partial charge is 0.481 e. The predicted octanol–water partition coefficient (Wildman–Crippen LogP) is 2.30. The van der Waals surface area contributed by atoms with Crippen LogP contribution in [0.25, 0.3) is 0 Å². The third kappa shape index (κ3) is 3.28. The summed E-state index contributed by atoms with van der Waals surface area (Å²) in [6, 6.07) is 6.09. The number of hydrogen-bond acceptors (Lipinski definition) is 3. The molecule has 0 spiro atoms. The average molecular weight is 278 g/mol. The van der Waals surface area contributed by atoms with Gasteiger partial charge in [0, 0.05) is 18.8 Å². The molecular weight excluding hydrogens is 266 g/mol. The molecule has 0 fully saturated rings. The van der Waals surface area contributed by atoms with Gasteiger partial charge in [-0.3, -0.25) is 4.79 Å². The molecule has 1 amide bonds. The predicted molar refractivity (Wildman–Crippen MR) is 68.3 cm³/mol. The van der Waals surface area contributed by atoms with Crippen LogP contribution in [0.2, 0.25) is 0 Å². The molecule has 1 N–H and O–H groups in total. The van der Waals surface area contributed by atoms with Gasteiger partial charge >= 0.3 is 0 Å². The molecule has 0 atom stereocenters. The second kappa shape index (κ2) is 6.10. The fourth-order valence-corrected chi connectivity index (χ4v) is 1.59. The van der Waals surface area contributed by atoms with Crippen LogP contribution in [0.5, 0.6) is 5.88 Å². The number of nitrogens with zero attached hydrogens (tertiary/aromatic N) is 1. The van der Waals surface area contributed by atoms with Crippen molar-refractivity contribution >= 4 is 5.91 Å². The van der Waals surface area contributed by atoms with Crippen molar-refractivity contribution in [3.05, 3.63) is 59.3 Å². The number of nitrogens with one attached hydrogen (secondary N) is 1. The number of amides is 1. The summed E-state index contributed by atoms with van der Waals surface area (Å²) in [5, 5.41) is 2.49. The lowest BCUT2D eigenvalue weighted by atomic mass is 10.2. The summed E-state index contributed by atoms with van der Waals surface area (Å²) < 4.78 is 31.3. The summed E-state index contributed by atoms with van der Waals surface area (Å²) in [5.41, 5.74) is 0.391. The van der Waals surface area contributed by atoms with E-state index in [1.54, 1.807) is 12.1 Å². The van der Waals surface area contributed by atoms with Crippen molar-refractivity contribution in [2.75, 3.05) is 7.11 Å². The number of carbonyl (C=O) groups is 1. The normalized spacial score (nSPS) is 10.2. The van der Waals surface area contributed by atoms with Crippen LogP contribution in [-0.4, -0.2) is 18.0 Å². The maximum Gasteiger partial charge on any atom is 0.254 e. The first-order valence-electron chi connectivity index (χ1n) is 5.82. The van der Waals surface area contributed by atoms with Crippen LogP contribution >= 0.6 is 0 Å². The number of methoxy groups -OCH3 is 1. The second-order valence-corrected chi connectivity index (χ2v) is 4.02. The van der Waals surface area contributed by atoms with Gasteiger partial charge in [0.05, 0.1) is 12.7 Å². The van der Waals surface area contributed by atoms with Crippen LogP contribution in [0.1, 0.15) is 15.9 Å². The lowest BCUT2D eigenvalue weighted by Crippen LogP contribution is -2.24. The highest BCUT2D eigenvalue weighted by Crippen LogP contribution is 2.10. The molecule has 0 radical (unpaired) electrons. The van der Waals surface area contributed by atoms with Crippen molar-refractivity contribution < 1.29 is 18.3 Å². The number of benzene rings is 1. The van der Waals surface area contributed by atoms with Crippen molar-refractivity contribution in [3.63, 3.8) is 0 Å². The molecule has 0 aliphatic rings. The molecule has 104 valence electrons. The number of rotatable bonds is 4. The van der Waals surface area contributed by atoms with E-state index in [1.807, 2.05) is 0 Å². The Balaban J connectivity index is 2.02. The maximum absolute atomic E-state index is 13.4. The summed E-state index contributed by atoms with van der Waals surface area (Å²) in [6.07, 6.45) is 1.53. The number of halogens is 2. The molecule has 1 aromatic heterocycles. The van der Waals surface area contributed by atoms with Gasteiger partial charge in [-0.2, -0.15) is 0 Å². The second-order valence-electron chi connectivity index (χ2n) is 4.02. The van der Waals surface area contributed by atoms with Crippen LogP contribution < -0.4 is 10.1 Å². The number of pyridine rings is 1. The van der Waals surface area contributed by atoms with E-state index in [0.717, 1.165) is 23.8 Å². The molecule has 1 aromatic carbocycles. The fraction of sp³-hybridized carbons (Fsp3) is 0.143. The topological polar surface area (TPSA) is 51.2 Å². The first kappa shape index (κ1) is 13.9. The van der Waals surface area contributed by atoms with E-state index in [9.17, 15) is 13.6 Å². The number of hydrogen-bond donors (Lipinski definition) is 1. The van der Waals surface area contributed by atoms with E-state index in [4.69, 9.17) is 4.74 Å². The van der Waals surface area contributed by atoms with Gasteiger partial charge in [-0.1, -0.05) is 6.07 Å². The zero-order valence-corrected chi connectivity index (χ0v) is 10.7. The summed E-state index contributed by atoms with van der Waals surface area (Å²) in [6.45, 7) is 0.159.